The number of halogens is 1. The van der Waals surface area contributed by atoms with Crippen LogP contribution >= 0.6 is 15.9 Å². The van der Waals surface area contributed by atoms with Gasteiger partial charge >= 0.3 is 0 Å². The molecule has 2 amide bonds. The molecule has 2 aromatic rings. The minimum absolute atomic E-state index is 0.0887. The lowest BCUT2D eigenvalue weighted by molar-refractivity contribution is 0.0927. The quantitative estimate of drug-likeness (QED) is 0.695. The Morgan fingerprint density at radius 1 is 1.00 bits per heavy atom. The number of nitrogens with one attached hydrogen (secondary N) is 2. The van der Waals surface area contributed by atoms with Crippen LogP contribution in [0.2, 0.25) is 0 Å². The Balaban J connectivity index is 1.80. The summed E-state index contributed by atoms with van der Waals surface area (Å²) in [5.41, 5.74) is 2.56. The maximum Gasteiger partial charge on any atom is 0.255 e. The highest BCUT2D eigenvalue weighted by Gasteiger charge is 2.20. The summed E-state index contributed by atoms with van der Waals surface area (Å²) in [5.74, 6) is -0.299. The fraction of sp³-hybridized carbons (Fsp3) is 0.364. The van der Waals surface area contributed by atoms with Crippen molar-refractivity contribution in [3.05, 3.63) is 58.1 Å². The predicted molar refractivity (Wildman–Crippen MR) is 117 cm³/mol. The second kappa shape index (κ2) is 9.24. The number of hydrogen-bond acceptors (Lipinski definition) is 3. The molecule has 0 bridgehead atoms. The molecule has 3 rings (SSSR count). The average Bonchev–Trinajstić information content (AvgIpc) is 2.68. The summed E-state index contributed by atoms with van der Waals surface area (Å²) >= 11 is 3.38. The molecule has 0 saturated heterocycles. The van der Waals surface area contributed by atoms with Gasteiger partial charge in [0.05, 0.1) is 5.56 Å². The number of amides is 2. The first-order chi connectivity index (χ1) is 13.4. The fourth-order valence-electron chi connectivity index (χ4n) is 3.53. The fourth-order valence-corrected chi connectivity index (χ4v) is 3.93. The topological polar surface area (TPSA) is 61.4 Å². The van der Waals surface area contributed by atoms with Crippen LogP contribution in [-0.4, -0.2) is 32.0 Å². The van der Waals surface area contributed by atoms with E-state index in [4.69, 9.17) is 0 Å². The van der Waals surface area contributed by atoms with Crippen molar-refractivity contribution in [2.24, 2.45) is 0 Å². The van der Waals surface area contributed by atoms with Crippen LogP contribution < -0.4 is 15.5 Å². The number of carbonyl (C=O) groups is 2. The van der Waals surface area contributed by atoms with Gasteiger partial charge in [0.1, 0.15) is 0 Å². The van der Waals surface area contributed by atoms with E-state index >= 15 is 0 Å². The zero-order valence-corrected chi connectivity index (χ0v) is 17.9. The van der Waals surface area contributed by atoms with Gasteiger partial charge in [0, 0.05) is 41.5 Å². The van der Waals surface area contributed by atoms with Gasteiger partial charge in [0.2, 0.25) is 0 Å². The summed E-state index contributed by atoms with van der Waals surface area (Å²) in [6.07, 6.45) is 5.62. The lowest BCUT2D eigenvalue weighted by Crippen LogP contribution is -2.36. The molecule has 1 aliphatic rings. The number of anilines is 2. The average molecular weight is 444 g/mol. The molecule has 0 aromatic heterocycles. The summed E-state index contributed by atoms with van der Waals surface area (Å²) in [7, 11) is 3.82. The maximum atomic E-state index is 12.9. The standard InChI is InChI=1S/C22H26BrN3O2/c1-26(2)20-12-11-18(25-21(27)15-7-6-8-16(23)13-15)14-19(20)22(28)24-17-9-4-3-5-10-17/h6-8,11-14,17H,3-5,9-10H2,1-2H3,(H,24,28)(H,25,27). The predicted octanol–water partition coefficient (Wildman–Crippen LogP) is 4.83. The number of nitrogens with zero attached hydrogens (tertiary/aromatic N) is 1. The van der Waals surface area contributed by atoms with Gasteiger partial charge in [-0.05, 0) is 49.2 Å². The Labute approximate surface area is 174 Å². The summed E-state index contributed by atoms with van der Waals surface area (Å²) < 4.78 is 0.843. The van der Waals surface area contributed by atoms with Crippen LogP contribution in [0.5, 0.6) is 0 Å². The molecule has 1 saturated carbocycles. The lowest BCUT2D eigenvalue weighted by atomic mass is 9.95. The molecule has 0 aliphatic heterocycles. The molecule has 0 radical (unpaired) electrons. The maximum absolute atomic E-state index is 12.9. The number of hydrogen-bond donors (Lipinski definition) is 2. The van der Waals surface area contributed by atoms with Crippen LogP contribution in [0.3, 0.4) is 0 Å². The van der Waals surface area contributed by atoms with Crippen LogP contribution in [-0.2, 0) is 0 Å². The minimum atomic E-state index is -0.211. The van der Waals surface area contributed by atoms with Crippen LogP contribution in [0.25, 0.3) is 0 Å². The minimum Gasteiger partial charge on any atom is -0.377 e. The van der Waals surface area contributed by atoms with Crippen molar-refractivity contribution in [1.29, 1.82) is 0 Å². The van der Waals surface area contributed by atoms with E-state index in [-0.39, 0.29) is 17.9 Å². The molecule has 28 heavy (non-hydrogen) atoms. The van der Waals surface area contributed by atoms with Crippen molar-refractivity contribution in [3.8, 4) is 0 Å². The molecule has 2 N–H and O–H groups in total. The van der Waals surface area contributed by atoms with Gasteiger partial charge in [-0.1, -0.05) is 41.3 Å². The molecule has 5 nitrogen and oxygen atoms in total. The molecule has 0 unspecified atom stereocenters. The molecular formula is C22H26BrN3O2. The first-order valence-corrected chi connectivity index (χ1v) is 10.4. The Kier molecular flexibility index (Phi) is 6.73. The Morgan fingerprint density at radius 3 is 2.43 bits per heavy atom. The van der Waals surface area contributed by atoms with Gasteiger partial charge in [-0.2, -0.15) is 0 Å². The van der Waals surface area contributed by atoms with E-state index < -0.39 is 0 Å². The third kappa shape index (κ3) is 5.13. The van der Waals surface area contributed by atoms with E-state index in [1.165, 1.54) is 6.42 Å². The number of rotatable bonds is 5. The first-order valence-electron chi connectivity index (χ1n) is 9.63. The van der Waals surface area contributed by atoms with Crippen LogP contribution in [0, 0.1) is 0 Å². The molecule has 6 heteroatoms. The third-order valence-electron chi connectivity index (χ3n) is 5.01. The summed E-state index contributed by atoms with van der Waals surface area (Å²) in [5, 5.41) is 6.06. The van der Waals surface area contributed by atoms with Gasteiger partial charge < -0.3 is 15.5 Å². The second-order valence-electron chi connectivity index (χ2n) is 7.40. The van der Waals surface area contributed by atoms with Gasteiger partial charge in [0.15, 0.2) is 0 Å². The first kappa shape index (κ1) is 20.4. The third-order valence-corrected chi connectivity index (χ3v) is 5.50. The molecule has 0 spiro atoms. The van der Waals surface area contributed by atoms with Gasteiger partial charge in [-0.15, -0.1) is 0 Å². The molecule has 2 aromatic carbocycles. The number of benzene rings is 2. The van der Waals surface area contributed by atoms with E-state index in [9.17, 15) is 9.59 Å². The molecular weight excluding hydrogens is 418 g/mol. The SMILES string of the molecule is CN(C)c1ccc(NC(=O)c2cccc(Br)c2)cc1C(=O)NC1CCCCC1. The van der Waals surface area contributed by atoms with Crippen LogP contribution in [0.1, 0.15) is 52.8 Å². The summed E-state index contributed by atoms with van der Waals surface area (Å²) in [6.45, 7) is 0. The highest BCUT2D eigenvalue weighted by atomic mass is 79.9. The zero-order chi connectivity index (χ0) is 20.1. The Bertz CT molecular complexity index is 861. The van der Waals surface area contributed by atoms with Crippen molar-refractivity contribution in [1.82, 2.24) is 5.32 Å². The molecule has 0 heterocycles. The summed E-state index contributed by atoms with van der Waals surface area (Å²) in [6, 6.07) is 12.9. The van der Waals surface area contributed by atoms with Crippen molar-refractivity contribution < 1.29 is 9.59 Å². The van der Waals surface area contributed by atoms with E-state index in [2.05, 4.69) is 26.6 Å². The summed E-state index contributed by atoms with van der Waals surface area (Å²) in [4.78, 5) is 27.4. The highest BCUT2D eigenvalue weighted by molar-refractivity contribution is 9.10. The number of carbonyl (C=O) groups excluding carboxylic acids is 2. The van der Waals surface area contributed by atoms with E-state index in [1.54, 1.807) is 18.2 Å². The normalized spacial score (nSPS) is 14.4. The Morgan fingerprint density at radius 2 is 1.75 bits per heavy atom. The van der Waals surface area contributed by atoms with Crippen LogP contribution in [0.15, 0.2) is 46.9 Å². The largest absolute Gasteiger partial charge is 0.377 e. The van der Waals surface area contributed by atoms with E-state index in [0.29, 0.717) is 16.8 Å². The van der Waals surface area contributed by atoms with Crippen LogP contribution in [0.4, 0.5) is 11.4 Å². The molecule has 1 fully saturated rings. The zero-order valence-electron chi connectivity index (χ0n) is 16.3. The van der Waals surface area contributed by atoms with Gasteiger partial charge in [-0.3, -0.25) is 9.59 Å². The smallest absolute Gasteiger partial charge is 0.255 e. The molecule has 148 valence electrons. The molecule has 1 aliphatic carbocycles. The highest BCUT2D eigenvalue weighted by Crippen LogP contribution is 2.25. The van der Waals surface area contributed by atoms with Crippen molar-refractivity contribution in [2.45, 2.75) is 38.1 Å². The van der Waals surface area contributed by atoms with Crippen molar-refractivity contribution in [2.75, 3.05) is 24.3 Å². The van der Waals surface area contributed by atoms with Crippen molar-refractivity contribution >= 4 is 39.1 Å². The van der Waals surface area contributed by atoms with Gasteiger partial charge in [0.25, 0.3) is 11.8 Å². The lowest BCUT2D eigenvalue weighted by Gasteiger charge is -2.24. The van der Waals surface area contributed by atoms with E-state index in [0.717, 1.165) is 35.8 Å². The monoisotopic (exact) mass is 443 g/mol. The van der Waals surface area contributed by atoms with Crippen molar-refractivity contribution in [3.63, 3.8) is 0 Å². The second-order valence-corrected chi connectivity index (χ2v) is 8.31. The van der Waals surface area contributed by atoms with E-state index in [1.807, 2.05) is 43.3 Å². The molecule has 0 atom stereocenters. The Hall–Kier alpha value is -2.34. The van der Waals surface area contributed by atoms with Gasteiger partial charge in [-0.25, -0.2) is 0 Å².